The second-order valence-electron chi connectivity index (χ2n) is 7.87. The van der Waals surface area contributed by atoms with Crippen LogP contribution in [0.5, 0.6) is 0 Å². The van der Waals surface area contributed by atoms with Crippen molar-refractivity contribution in [1.29, 1.82) is 0 Å². The lowest BCUT2D eigenvalue weighted by Crippen LogP contribution is -2.41. The van der Waals surface area contributed by atoms with Crippen molar-refractivity contribution < 1.29 is 37.9 Å². The molecule has 0 radical (unpaired) electrons. The van der Waals surface area contributed by atoms with Gasteiger partial charge in [-0.15, -0.1) is 0 Å². The number of hydrogen-bond acceptors (Lipinski definition) is 9. The molecule has 0 aromatic heterocycles. The van der Waals surface area contributed by atoms with Crippen LogP contribution in [0, 0.1) is 0 Å². The van der Waals surface area contributed by atoms with E-state index in [-0.39, 0.29) is 0 Å². The molecule has 9 nitrogen and oxygen atoms in total. The molecule has 0 spiro atoms. The highest BCUT2D eigenvalue weighted by molar-refractivity contribution is 4.74. The third kappa shape index (κ3) is 18.1. The average molecular weight is 466 g/mol. The van der Waals surface area contributed by atoms with E-state index < -0.39 is 0 Å². The number of rotatable bonds is 23. The Morgan fingerprint density at radius 2 is 0.906 bits per heavy atom. The molecule has 0 atom stereocenters. The molecule has 0 N–H and O–H groups in total. The molecule has 0 amide bonds. The summed E-state index contributed by atoms with van der Waals surface area (Å²) in [7, 11) is 1.65. The van der Waals surface area contributed by atoms with E-state index in [1.165, 1.54) is 0 Å². The molecule has 1 saturated heterocycles. The third-order valence-corrected chi connectivity index (χ3v) is 5.08. The fraction of sp³-hybridized carbons (Fsp3) is 1.00. The van der Waals surface area contributed by atoms with Gasteiger partial charge in [0.25, 0.3) is 0 Å². The fourth-order valence-corrected chi connectivity index (χ4v) is 3.18. The topological polar surface area (TPSA) is 77.1 Å². The molecule has 192 valence electrons. The number of methoxy groups -OCH3 is 1. The predicted octanol–water partition coefficient (Wildman–Crippen LogP) is 1.62. The Morgan fingerprint density at radius 1 is 0.562 bits per heavy atom. The Kier molecular flexibility index (Phi) is 20.8. The second-order valence-corrected chi connectivity index (χ2v) is 7.87. The summed E-state index contributed by atoms with van der Waals surface area (Å²) in [6.45, 7) is 14.8. The van der Waals surface area contributed by atoms with Crippen LogP contribution in [0.15, 0.2) is 0 Å². The summed E-state index contributed by atoms with van der Waals surface area (Å²) in [4.78, 5) is 2.50. The Hall–Kier alpha value is -0.360. The van der Waals surface area contributed by atoms with Gasteiger partial charge in [0.15, 0.2) is 0 Å². The summed E-state index contributed by atoms with van der Waals surface area (Å²) >= 11 is 0. The smallest absolute Gasteiger partial charge is 0.0704 e. The molecule has 0 aromatic rings. The van der Waals surface area contributed by atoms with E-state index in [1.54, 1.807) is 7.11 Å². The van der Waals surface area contributed by atoms with Gasteiger partial charge in [-0.05, 0) is 26.7 Å². The average Bonchev–Trinajstić information content (AvgIpc) is 2.80. The number of nitrogens with zero attached hydrogens (tertiary/aromatic N) is 1. The molecule has 1 heterocycles. The molecule has 1 aliphatic rings. The van der Waals surface area contributed by atoms with Crippen LogP contribution in [0.1, 0.15) is 26.7 Å². The first kappa shape index (κ1) is 29.7. The molecule has 9 heteroatoms. The third-order valence-electron chi connectivity index (χ3n) is 5.08. The Balaban J connectivity index is 1.68. The molecule has 1 rings (SSSR count). The van der Waals surface area contributed by atoms with Crippen LogP contribution in [0.4, 0.5) is 0 Å². The predicted molar refractivity (Wildman–Crippen MR) is 122 cm³/mol. The highest BCUT2D eigenvalue weighted by Gasteiger charge is 2.20. The van der Waals surface area contributed by atoms with Gasteiger partial charge in [0, 0.05) is 26.2 Å². The quantitative estimate of drug-likeness (QED) is 0.209. The van der Waals surface area contributed by atoms with Crippen molar-refractivity contribution in [3.05, 3.63) is 0 Å². The highest BCUT2D eigenvalue weighted by atomic mass is 16.6. The molecule has 0 aliphatic carbocycles. The first-order valence-electron chi connectivity index (χ1n) is 12.0. The first-order chi connectivity index (χ1) is 15.7. The molecular formula is C23H47NO8. The first-order valence-corrected chi connectivity index (χ1v) is 12.0. The molecular weight excluding hydrogens is 418 g/mol. The summed E-state index contributed by atoms with van der Waals surface area (Å²) < 4.78 is 43.4. The minimum absolute atomic E-state index is 0.379. The Morgan fingerprint density at radius 3 is 1.25 bits per heavy atom. The number of piperidine rings is 1. The van der Waals surface area contributed by atoms with Gasteiger partial charge in [-0.1, -0.05) is 0 Å². The SMILES string of the molecule is COCCOCCOCCOCCOCCOCCOCCOC1CCN(C(C)C)CC1. The Labute approximate surface area is 194 Å². The van der Waals surface area contributed by atoms with Gasteiger partial charge < -0.3 is 42.8 Å². The van der Waals surface area contributed by atoms with Gasteiger partial charge in [0.2, 0.25) is 0 Å². The van der Waals surface area contributed by atoms with E-state index in [2.05, 4.69) is 18.7 Å². The summed E-state index contributed by atoms with van der Waals surface area (Å²) in [5.74, 6) is 0. The molecule has 0 unspecified atom stereocenters. The van der Waals surface area contributed by atoms with Crippen molar-refractivity contribution in [2.45, 2.75) is 38.8 Å². The van der Waals surface area contributed by atoms with Crippen molar-refractivity contribution in [1.82, 2.24) is 4.90 Å². The zero-order valence-electron chi connectivity index (χ0n) is 20.6. The van der Waals surface area contributed by atoms with Crippen LogP contribution < -0.4 is 0 Å². The zero-order chi connectivity index (χ0) is 23.1. The van der Waals surface area contributed by atoms with Gasteiger partial charge in [0.1, 0.15) is 0 Å². The number of ether oxygens (including phenoxy) is 8. The normalized spacial score (nSPS) is 15.8. The molecule has 0 saturated carbocycles. The Bertz CT molecular complexity index is 381. The summed E-state index contributed by atoms with van der Waals surface area (Å²) in [5, 5.41) is 0. The van der Waals surface area contributed by atoms with E-state index in [9.17, 15) is 0 Å². The maximum absolute atomic E-state index is 5.91. The lowest BCUT2D eigenvalue weighted by atomic mass is 10.1. The van der Waals surface area contributed by atoms with Crippen LogP contribution in [0.2, 0.25) is 0 Å². The van der Waals surface area contributed by atoms with Gasteiger partial charge in [0.05, 0.1) is 98.6 Å². The lowest BCUT2D eigenvalue weighted by molar-refractivity contribution is -0.0395. The largest absolute Gasteiger partial charge is 0.382 e. The molecule has 1 fully saturated rings. The minimum atomic E-state index is 0.379. The number of likely N-dealkylation sites (tertiary alicyclic amines) is 1. The van der Waals surface area contributed by atoms with Gasteiger partial charge in [-0.2, -0.15) is 0 Å². The lowest BCUT2D eigenvalue weighted by Gasteiger charge is -2.34. The van der Waals surface area contributed by atoms with E-state index in [4.69, 9.17) is 37.9 Å². The zero-order valence-corrected chi connectivity index (χ0v) is 20.6. The second kappa shape index (κ2) is 22.4. The maximum atomic E-state index is 5.91. The fourth-order valence-electron chi connectivity index (χ4n) is 3.18. The van der Waals surface area contributed by atoms with Crippen LogP contribution in [0.25, 0.3) is 0 Å². The number of hydrogen-bond donors (Lipinski definition) is 0. The molecule has 0 bridgehead atoms. The van der Waals surface area contributed by atoms with E-state index in [1.807, 2.05) is 0 Å². The minimum Gasteiger partial charge on any atom is -0.382 e. The maximum Gasteiger partial charge on any atom is 0.0704 e. The molecule has 1 aliphatic heterocycles. The highest BCUT2D eigenvalue weighted by Crippen LogP contribution is 2.15. The van der Waals surface area contributed by atoms with Crippen LogP contribution in [0.3, 0.4) is 0 Å². The van der Waals surface area contributed by atoms with Crippen LogP contribution in [-0.4, -0.2) is 130 Å². The summed E-state index contributed by atoms with van der Waals surface area (Å²) in [5.41, 5.74) is 0. The standard InChI is InChI=1S/C23H47NO8/c1-22(2)24-6-4-23(5-7-24)32-21-20-31-19-18-30-17-16-29-15-14-28-13-12-27-11-10-26-9-8-25-3/h22-23H,4-21H2,1-3H3. The van der Waals surface area contributed by atoms with Crippen molar-refractivity contribution in [2.75, 3.05) is 113 Å². The molecule has 32 heavy (non-hydrogen) atoms. The van der Waals surface area contributed by atoms with Crippen LogP contribution >= 0.6 is 0 Å². The van der Waals surface area contributed by atoms with Gasteiger partial charge >= 0.3 is 0 Å². The van der Waals surface area contributed by atoms with Crippen molar-refractivity contribution in [3.8, 4) is 0 Å². The van der Waals surface area contributed by atoms with E-state index >= 15 is 0 Å². The van der Waals surface area contributed by atoms with E-state index in [0.29, 0.717) is 105 Å². The van der Waals surface area contributed by atoms with Crippen molar-refractivity contribution >= 4 is 0 Å². The van der Waals surface area contributed by atoms with Crippen molar-refractivity contribution in [2.24, 2.45) is 0 Å². The summed E-state index contributed by atoms with van der Waals surface area (Å²) in [6, 6.07) is 0.631. The van der Waals surface area contributed by atoms with E-state index in [0.717, 1.165) is 25.9 Å². The monoisotopic (exact) mass is 465 g/mol. The molecule has 0 aromatic carbocycles. The van der Waals surface area contributed by atoms with Crippen molar-refractivity contribution in [3.63, 3.8) is 0 Å². The van der Waals surface area contributed by atoms with Gasteiger partial charge in [-0.25, -0.2) is 0 Å². The van der Waals surface area contributed by atoms with Crippen LogP contribution in [-0.2, 0) is 37.9 Å². The summed E-state index contributed by atoms with van der Waals surface area (Å²) in [6.07, 6.45) is 2.61. The van der Waals surface area contributed by atoms with Gasteiger partial charge in [-0.3, -0.25) is 0 Å².